The molecule has 0 aromatic heterocycles. The van der Waals surface area contributed by atoms with Gasteiger partial charge >= 0.3 is 0 Å². The SMILES string of the molecule is O=C1CCN(CC(O)Cc2ccccc2)c2cc3c(cc2CN1Cc1ccccc1)OCO3. The second-order valence-electron chi connectivity index (χ2n) is 8.61. The summed E-state index contributed by atoms with van der Waals surface area (Å²) in [4.78, 5) is 17.1. The number of anilines is 1. The molecule has 3 aromatic carbocycles. The van der Waals surface area contributed by atoms with Gasteiger partial charge in [-0.15, -0.1) is 0 Å². The number of ether oxygens (including phenoxy) is 2. The van der Waals surface area contributed by atoms with Crippen molar-refractivity contribution in [2.45, 2.75) is 32.0 Å². The van der Waals surface area contributed by atoms with Gasteiger partial charge in [0.2, 0.25) is 12.7 Å². The summed E-state index contributed by atoms with van der Waals surface area (Å²) in [5, 5.41) is 10.9. The van der Waals surface area contributed by atoms with E-state index in [9.17, 15) is 9.90 Å². The summed E-state index contributed by atoms with van der Waals surface area (Å²) in [5.41, 5.74) is 4.17. The fourth-order valence-corrected chi connectivity index (χ4v) is 4.54. The summed E-state index contributed by atoms with van der Waals surface area (Å²) in [7, 11) is 0. The predicted molar refractivity (Wildman–Crippen MR) is 126 cm³/mol. The number of carbonyl (C=O) groups is 1. The Kier molecular flexibility index (Phi) is 6.17. The summed E-state index contributed by atoms with van der Waals surface area (Å²) in [6, 6.07) is 24.0. The number of amides is 1. The average Bonchev–Trinajstić information content (AvgIpc) is 3.29. The molecule has 1 unspecified atom stereocenters. The van der Waals surface area contributed by atoms with Gasteiger partial charge in [0.15, 0.2) is 11.5 Å². The van der Waals surface area contributed by atoms with Crippen LogP contribution in [0.4, 0.5) is 5.69 Å². The zero-order valence-electron chi connectivity index (χ0n) is 18.5. The number of rotatable bonds is 6. The lowest BCUT2D eigenvalue weighted by molar-refractivity contribution is -0.132. The van der Waals surface area contributed by atoms with E-state index in [2.05, 4.69) is 4.90 Å². The number of aliphatic hydroxyl groups is 1. The molecule has 33 heavy (non-hydrogen) atoms. The molecule has 5 rings (SSSR count). The maximum atomic E-state index is 13.1. The van der Waals surface area contributed by atoms with Crippen molar-refractivity contribution in [3.63, 3.8) is 0 Å². The van der Waals surface area contributed by atoms with Crippen LogP contribution in [0.2, 0.25) is 0 Å². The molecule has 170 valence electrons. The van der Waals surface area contributed by atoms with Crippen molar-refractivity contribution in [3.05, 3.63) is 89.5 Å². The summed E-state index contributed by atoms with van der Waals surface area (Å²) in [5.74, 6) is 1.51. The van der Waals surface area contributed by atoms with E-state index in [0.717, 1.165) is 22.4 Å². The van der Waals surface area contributed by atoms with Crippen molar-refractivity contribution >= 4 is 11.6 Å². The second-order valence-corrected chi connectivity index (χ2v) is 8.61. The van der Waals surface area contributed by atoms with Crippen LogP contribution in [0.1, 0.15) is 23.1 Å². The highest BCUT2D eigenvalue weighted by Crippen LogP contribution is 2.40. The Morgan fingerprint density at radius 2 is 1.55 bits per heavy atom. The minimum absolute atomic E-state index is 0.102. The van der Waals surface area contributed by atoms with Gasteiger partial charge in [0.1, 0.15) is 0 Å². The highest BCUT2D eigenvalue weighted by Gasteiger charge is 2.27. The maximum absolute atomic E-state index is 13.1. The van der Waals surface area contributed by atoms with Gasteiger partial charge in [-0.1, -0.05) is 60.7 Å². The molecule has 1 atom stereocenters. The standard InChI is InChI=1S/C27H28N2O4/c30-23(13-20-7-3-1-4-8-20)18-28-12-11-27(31)29(16-21-9-5-2-6-10-21)17-22-14-25-26(15-24(22)28)33-19-32-25/h1-10,14-15,23,30H,11-13,16-19H2. The van der Waals surface area contributed by atoms with E-state index < -0.39 is 6.10 Å². The zero-order valence-corrected chi connectivity index (χ0v) is 18.5. The maximum Gasteiger partial charge on any atom is 0.231 e. The summed E-state index contributed by atoms with van der Waals surface area (Å²) in [6.45, 7) is 2.20. The van der Waals surface area contributed by atoms with Crippen LogP contribution in [0.3, 0.4) is 0 Å². The summed E-state index contributed by atoms with van der Waals surface area (Å²) < 4.78 is 11.3. The van der Waals surface area contributed by atoms with Crippen molar-refractivity contribution in [3.8, 4) is 11.5 Å². The molecule has 0 fully saturated rings. The first-order chi connectivity index (χ1) is 16.2. The molecule has 3 aromatic rings. The Balaban J connectivity index is 1.41. The molecule has 0 saturated heterocycles. The van der Waals surface area contributed by atoms with Gasteiger partial charge in [-0.3, -0.25) is 4.79 Å². The minimum Gasteiger partial charge on any atom is -0.454 e. The Labute approximate surface area is 194 Å². The van der Waals surface area contributed by atoms with Gasteiger partial charge < -0.3 is 24.4 Å². The number of aliphatic hydroxyl groups excluding tert-OH is 1. The lowest BCUT2D eigenvalue weighted by atomic mass is 10.0. The van der Waals surface area contributed by atoms with Crippen LogP contribution in [0.15, 0.2) is 72.8 Å². The van der Waals surface area contributed by atoms with Crippen molar-refractivity contribution in [2.24, 2.45) is 0 Å². The first-order valence-electron chi connectivity index (χ1n) is 11.4. The Bertz CT molecular complexity index is 1100. The molecule has 2 aliphatic heterocycles. The van der Waals surface area contributed by atoms with Crippen molar-refractivity contribution in [1.29, 1.82) is 0 Å². The first-order valence-corrected chi connectivity index (χ1v) is 11.4. The van der Waals surface area contributed by atoms with Gasteiger partial charge in [0.25, 0.3) is 0 Å². The molecule has 2 aliphatic rings. The van der Waals surface area contributed by atoms with Crippen molar-refractivity contribution in [2.75, 3.05) is 24.8 Å². The third-order valence-electron chi connectivity index (χ3n) is 6.19. The quantitative estimate of drug-likeness (QED) is 0.627. The van der Waals surface area contributed by atoms with Crippen molar-refractivity contribution < 1.29 is 19.4 Å². The number of carbonyl (C=O) groups excluding carboxylic acids is 1. The zero-order chi connectivity index (χ0) is 22.6. The smallest absolute Gasteiger partial charge is 0.231 e. The number of nitrogens with zero attached hydrogens (tertiary/aromatic N) is 2. The number of β-amino-alcohol motifs (C(OH)–C–C–N with tert-alkyl or cyclic N) is 1. The van der Waals surface area contributed by atoms with Gasteiger partial charge in [0, 0.05) is 50.8 Å². The molecule has 6 heteroatoms. The number of benzene rings is 3. The third kappa shape index (κ3) is 4.96. The van der Waals surface area contributed by atoms with Crippen LogP contribution in [0.25, 0.3) is 0 Å². The molecule has 1 N–H and O–H groups in total. The van der Waals surface area contributed by atoms with Crippen molar-refractivity contribution in [1.82, 2.24) is 4.90 Å². The number of fused-ring (bicyclic) bond motifs is 2. The van der Waals surface area contributed by atoms with Crippen LogP contribution in [0, 0.1) is 0 Å². The van der Waals surface area contributed by atoms with E-state index >= 15 is 0 Å². The molecule has 0 spiro atoms. The fourth-order valence-electron chi connectivity index (χ4n) is 4.54. The van der Waals surface area contributed by atoms with Gasteiger partial charge in [-0.2, -0.15) is 0 Å². The Morgan fingerprint density at radius 1 is 0.879 bits per heavy atom. The van der Waals surface area contributed by atoms with Crippen LogP contribution >= 0.6 is 0 Å². The topological polar surface area (TPSA) is 62.2 Å². The van der Waals surface area contributed by atoms with Gasteiger partial charge in [-0.05, 0) is 22.8 Å². The predicted octanol–water partition coefficient (Wildman–Crippen LogP) is 3.76. The van der Waals surface area contributed by atoms with E-state index in [0.29, 0.717) is 50.5 Å². The first kappa shape index (κ1) is 21.3. The van der Waals surface area contributed by atoms with E-state index in [1.165, 1.54) is 0 Å². The molecule has 1 amide bonds. The highest BCUT2D eigenvalue weighted by atomic mass is 16.7. The molecule has 6 nitrogen and oxygen atoms in total. The molecule has 0 bridgehead atoms. The lowest BCUT2D eigenvalue weighted by Gasteiger charge is -2.34. The molecular formula is C27H28N2O4. The average molecular weight is 445 g/mol. The van der Waals surface area contributed by atoms with Crippen LogP contribution in [-0.4, -0.2) is 41.9 Å². The van der Waals surface area contributed by atoms with E-state index in [1.54, 1.807) is 0 Å². The lowest BCUT2D eigenvalue weighted by Crippen LogP contribution is -2.41. The van der Waals surface area contributed by atoms with E-state index in [4.69, 9.17) is 9.47 Å². The van der Waals surface area contributed by atoms with E-state index in [1.807, 2.05) is 77.7 Å². The molecule has 2 heterocycles. The van der Waals surface area contributed by atoms with Gasteiger partial charge in [0.05, 0.1) is 6.10 Å². The van der Waals surface area contributed by atoms with Crippen LogP contribution < -0.4 is 14.4 Å². The fraction of sp³-hybridized carbons (Fsp3) is 0.296. The molecular weight excluding hydrogens is 416 g/mol. The summed E-state index contributed by atoms with van der Waals surface area (Å²) >= 11 is 0. The van der Waals surface area contributed by atoms with E-state index in [-0.39, 0.29) is 12.7 Å². The largest absolute Gasteiger partial charge is 0.454 e. The van der Waals surface area contributed by atoms with Crippen LogP contribution in [0.5, 0.6) is 11.5 Å². The normalized spacial score (nSPS) is 16.2. The summed E-state index contributed by atoms with van der Waals surface area (Å²) in [6.07, 6.45) is 0.394. The molecule has 0 radical (unpaired) electrons. The van der Waals surface area contributed by atoms with Gasteiger partial charge in [-0.25, -0.2) is 0 Å². The number of hydrogen-bond acceptors (Lipinski definition) is 5. The Morgan fingerprint density at radius 3 is 2.27 bits per heavy atom. The molecule has 0 saturated carbocycles. The van der Waals surface area contributed by atoms with Crippen LogP contribution in [-0.2, 0) is 24.3 Å². The number of hydrogen-bond donors (Lipinski definition) is 1. The Hall–Kier alpha value is -3.51. The monoisotopic (exact) mass is 444 g/mol. The minimum atomic E-state index is -0.555. The highest BCUT2D eigenvalue weighted by molar-refractivity contribution is 5.78. The third-order valence-corrected chi connectivity index (χ3v) is 6.19. The molecule has 0 aliphatic carbocycles. The second kappa shape index (κ2) is 9.55.